The minimum Gasteiger partial charge on any atom is -0.370 e. The van der Waals surface area contributed by atoms with Crippen LogP contribution in [0.15, 0.2) is 29.1 Å². The lowest BCUT2D eigenvalue weighted by Crippen LogP contribution is -2.35. The Bertz CT molecular complexity index is 842. The van der Waals surface area contributed by atoms with Crippen molar-refractivity contribution in [1.29, 1.82) is 0 Å². The average Bonchev–Trinajstić information content (AvgIpc) is 2.58. The van der Waals surface area contributed by atoms with E-state index in [0.29, 0.717) is 23.7 Å². The van der Waals surface area contributed by atoms with Crippen LogP contribution in [0, 0.1) is 11.7 Å². The molecule has 3 nitrogen and oxygen atoms in total. The highest BCUT2D eigenvalue weighted by molar-refractivity contribution is 6.33. The number of aromatic nitrogens is 1. The van der Waals surface area contributed by atoms with Gasteiger partial charge < -0.3 is 9.47 Å². The zero-order valence-corrected chi connectivity index (χ0v) is 15.9. The number of rotatable bonds is 3. The van der Waals surface area contributed by atoms with Gasteiger partial charge in [-0.3, -0.25) is 4.79 Å². The minimum atomic E-state index is -0.401. The first-order chi connectivity index (χ1) is 11.9. The molecule has 0 spiro atoms. The molecule has 1 aromatic carbocycles. The molecule has 1 aliphatic rings. The molecular weight excluding hydrogens is 362 g/mol. The summed E-state index contributed by atoms with van der Waals surface area (Å²) >= 11 is 12.5. The maximum atomic E-state index is 13.5. The van der Waals surface area contributed by atoms with Gasteiger partial charge >= 0.3 is 0 Å². The molecule has 0 aliphatic carbocycles. The topological polar surface area (TPSA) is 25.2 Å². The van der Waals surface area contributed by atoms with Crippen molar-refractivity contribution in [3.8, 4) is 11.3 Å². The lowest BCUT2D eigenvalue weighted by molar-refractivity contribution is 0.438. The van der Waals surface area contributed by atoms with Crippen molar-refractivity contribution in [2.24, 2.45) is 5.92 Å². The summed E-state index contributed by atoms with van der Waals surface area (Å²) in [4.78, 5) is 14.8. The molecule has 0 atom stereocenters. The SMILES string of the molecule is CCn1c(-c2ccc(F)cc2Cl)c(N2CCC(C)CC2)cc(Cl)c1=O. The van der Waals surface area contributed by atoms with Crippen LogP contribution >= 0.6 is 23.2 Å². The zero-order chi connectivity index (χ0) is 18.1. The molecule has 0 unspecified atom stereocenters. The van der Waals surface area contributed by atoms with E-state index in [1.54, 1.807) is 16.7 Å². The molecule has 0 amide bonds. The van der Waals surface area contributed by atoms with Gasteiger partial charge in [0.05, 0.1) is 16.4 Å². The maximum Gasteiger partial charge on any atom is 0.269 e. The molecule has 1 fully saturated rings. The number of hydrogen-bond acceptors (Lipinski definition) is 2. The van der Waals surface area contributed by atoms with E-state index in [2.05, 4.69) is 11.8 Å². The normalized spacial score (nSPS) is 15.6. The van der Waals surface area contributed by atoms with E-state index in [1.807, 2.05) is 6.92 Å². The molecule has 6 heteroatoms. The standard InChI is InChI=1S/C19H21Cl2FN2O/c1-3-24-18(14-5-4-13(22)10-15(14)20)17(11-16(21)19(24)25)23-8-6-12(2)7-9-23/h4-5,10-12H,3,6-9H2,1-2H3. The Kier molecular flexibility index (Phi) is 5.40. The minimum absolute atomic E-state index is 0.192. The molecule has 0 radical (unpaired) electrons. The van der Waals surface area contributed by atoms with Crippen LogP contribution in [0.3, 0.4) is 0 Å². The van der Waals surface area contributed by atoms with Crippen LogP contribution in [0.5, 0.6) is 0 Å². The first kappa shape index (κ1) is 18.3. The summed E-state index contributed by atoms with van der Waals surface area (Å²) in [5.41, 5.74) is 1.98. The Morgan fingerprint density at radius 3 is 2.44 bits per heavy atom. The van der Waals surface area contributed by atoms with E-state index in [9.17, 15) is 9.18 Å². The van der Waals surface area contributed by atoms with Gasteiger partial charge in [0.15, 0.2) is 0 Å². The molecule has 2 aromatic rings. The summed E-state index contributed by atoms with van der Waals surface area (Å²) in [6, 6.07) is 5.99. The number of benzene rings is 1. The Hall–Kier alpha value is -1.52. The fourth-order valence-electron chi connectivity index (χ4n) is 3.38. The van der Waals surface area contributed by atoms with Crippen LogP contribution in [-0.2, 0) is 6.54 Å². The quantitative estimate of drug-likeness (QED) is 0.726. The molecule has 0 saturated carbocycles. The van der Waals surface area contributed by atoms with Crippen LogP contribution in [-0.4, -0.2) is 17.7 Å². The van der Waals surface area contributed by atoms with Crippen molar-refractivity contribution in [1.82, 2.24) is 4.57 Å². The number of nitrogens with zero attached hydrogens (tertiary/aromatic N) is 2. The molecule has 3 rings (SSSR count). The van der Waals surface area contributed by atoms with Crippen LogP contribution in [0.25, 0.3) is 11.3 Å². The maximum absolute atomic E-state index is 13.5. The Morgan fingerprint density at radius 1 is 1.16 bits per heavy atom. The van der Waals surface area contributed by atoms with E-state index >= 15 is 0 Å². The van der Waals surface area contributed by atoms with E-state index in [1.165, 1.54) is 12.1 Å². The summed E-state index contributed by atoms with van der Waals surface area (Å²) in [5, 5.41) is 0.480. The number of pyridine rings is 1. The zero-order valence-electron chi connectivity index (χ0n) is 14.4. The molecule has 0 N–H and O–H groups in total. The highest BCUT2D eigenvalue weighted by Crippen LogP contribution is 2.37. The average molecular weight is 383 g/mol. The van der Waals surface area contributed by atoms with Crippen molar-refractivity contribution < 1.29 is 4.39 Å². The van der Waals surface area contributed by atoms with Crippen LogP contribution < -0.4 is 10.5 Å². The Morgan fingerprint density at radius 2 is 1.84 bits per heavy atom. The third-order valence-electron chi connectivity index (χ3n) is 4.85. The fraction of sp³-hybridized carbons (Fsp3) is 0.421. The molecule has 0 bridgehead atoms. The van der Waals surface area contributed by atoms with Gasteiger partial charge in [-0.2, -0.15) is 0 Å². The number of anilines is 1. The van der Waals surface area contributed by atoms with E-state index in [-0.39, 0.29) is 15.6 Å². The summed E-state index contributed by atoms with van der Waals surface area (Å²) in [5.74, 6) is 0.281. The van der Waals surface area contributed by atoms with Gasteiger partial charge in [0.1, 0.15) is 10.8 Å². The predicted molar refractivity (Wildman–Crippen MR) is 102 cm³/mol. The van der Waals surface area contributed by atoms with Gasteiger partial charge in [-0.15, -0.1) is 0 Å². The van der Waals surface area contributed by atoms with E-state index in [0.717, 1.165) is 31.6 Å². The fourth-order valence-corrected chi connectivity index (χ4v) is 3.84. The predicted octanol–water partition coefficient (Wildman–Crippen LogP) is 5.22. The van der Waals surface area contributed by atoms with Crippen molar-refractivity contribution in [2.45, 2.75) is 33.2 Å². The third-order valence-corrected chi connectivity index (χ3v) is 5.44. The smallest absolute Gasteiger partial charge is 0.269 e. The van der Waals surface area contributed by atoms with Crippen molar-refractivity contribution in [3.05, 3.63) is 50.5 Å². The lowest BCUT2D eigenvalue weighted by Gasteiger charge is -2.34. The number of hydrogen-bond donors (Lipinski definition) is 0. The van der Waals surface area contributed by atoms with Crippen LogP contribution in [0.2, 0.25) is 10.0 Å². The lowest BCUT2D eigenvalue weighted by atomic mass is 9.98. The monoisotopic (exact) mass is 382 g/mol. The van der Waals surface area contributed by atoms with E-state index < -0.39 is 5.82 Å². The van der Waals surface area contributed by atoms with Crippen LogP contribution in [0.4, 0.5) is 10.1 Å². The van der Waals surface area contributed by atoms with Crippen molar-refractivity contribution in [2.75, 3.05) is 18.0 Å². The first-order valence-electron chi connectivity index (χ1n) is 8.56. The van der Waals surface area contributed by atoms with Crippen molar-refractivity contribution in [3.63, 3.8) is 0 Å². The summed E-state index contributed by atoms with van der Waals surface area (Å²) < 4.78 is 15.1. The molecule has 134 valence electrons. The molecule has 1 aromatic heterocycles. The van der Waals surface area contributed by atoms with Crippen molar-refractivity contribution >= 4 is 28.9 Å². The third kappa shape index (κ3) is 3.56. The second kappa shape index (κ2) is 7.38. The number of halogens is 3. The molecule has 1 saturated heterocycles. The first-order valence-corrected chi connectivity index (χ1v) is 9.31. The Labute approximate surface area is 157 Å². The highest BCUT2D eigenvalue weighted by Gasteiger charge is 2.24. The van der Waals surface area contributed by atoms with Gasteiger partial charge in [0.25, 0.3) is 5.56 Å². The van der Waals surface area contributed by atoms with Crippen LogP contribution in [0.1, 0.15) is 26.7 Å². The molecule has 1 aliphatic heterocycles. The molecular formula is C19H21Cl2FN2O. The van der Waals surface area contributed by atoms with Gasteiger partial charge in [-0.25, -0.2) is 4.39 Å². The second-order valence-electron chi connectivity index (χ2n) is 6.57. The summed E-state index contributed by atoms with van der Waals surface area (Å²) in [7, 11) is 0. The van der Waals surface area contributed by atoms with Gasteiger partial charge in [-0.1, -0.05) is 30.1 Å². The summed E-state index contributed by atoms with van der Waals surface area (Å²) in [6.45, 7) is 6.38. The van der Waals surface area contributed by atoms with Gasteiger partial charge in [0.2, 0.25) is 0 Å². The van der Waals surface area contributed by atoms with Gasteiger partial charge in [-0.05, 0) is 49.9 Å². The highest BCUT2D eigenvalue weighted by atomic mass is 35.5. The number of piperidine rings is 1. The summed E-state index contributed by atoms with van der Waals surface area (Å²) in [6.07, 6.45) is 2.17. The van der Waals surface area contributed by atoms with E-state index in [4.69, 9.17) is 23.2 Å². The molecule has 2 heterocycles. The largest absolute Gasteiger partial charge is 0.370 e. The second-order valence-corrected chi connectivity index (χ2v) is 7.38. The van der Waals surface area contributed by atoms with Gasteiger partial charge in [0, 0.05) is 25.2 Å². The Balaban J connectivity index is 2.23. The molecule has 25 heavy (non-hydrogen) atoms.